The fourth-order valence-electron chi connectivity index (χ4n) is 2.61. The molecule has 4 heteroatoms. The first-order chi connectivity index (χ1) is 11.8. The number of hydrogen-bond acceptors (Lipinski definition) is 4. The van der Waals surface area contributed by atoms with E-state index in [2.05, 4.69) is 34.8 Å². The molecule has 1 N–H and O–H groups in total. The van der Waals surface area contributed by atoms with Crippen molar-refractivity contribution < 1.29 is 9.47 Å². The standard InChI is InChI=1S/C20H20N2O2/c1-23-19-11-10-15(12-20(19)24-2)13-21-22-14-17-8-5-7-16-6-3-4-9-18(16)17/h3-12,14,21H,13H2,1-2H3/b22-14+. The third-order valence-electron chi connectivity index (χ3n) is 3.85. The quantitative estimate of drug-likeness (QED) is 0.552. The number of nitrogens with zero attached hydrogens (tertiary/aromatic N) is 1. The molecule has 24 heavy (non-hydrogen) atoms. The largest absolute Gasteiger partial charge is 0.493 e. The predicted molar refractivity (Wildman–Crippen MR) is 97.9 cm³/mol. The van der Waals surface area contributed by atoms with E-state index in [0.29, 0.717) is 6.54 Å². The van der Waals surface area contributed by atoms with Crippen molar-refractivity contribution in [2.75, 3.05) is 14.2 Å². The van der Waals surface area contributed by atoms with Gasteiger partial charge < -0.3 is 14.9 Å². The van der Waals surface area contributed by atoms with Gasteiger partial charge >= 0.3 is 0 Å². The molecule has 0 saturated carbocycles. The molecule has 0 fully saturated rings. The molecule has 3 rings (SSSR count). The summed E-state index contributed by atoms with van der Waals surface area (Å²) in [6, 6.07) is 20.3. The Morgan fingerprint density at radius 3 is 2.54 bits per heavy atom. The van der Waals surface area contributed by atoms with Crippen LogP contribution in [0.4, 0.5) is 0 Å². The number of fused-ring (bicyclic) bond motifs is 1. The topological polar surface area (TPSA) is 42.8 Å². The van der Waals surface area contributed by atoms with Crippen LogP contribution in [0.2, 0.25) is 0 Å². The van der Waals surface area contributed by atoms with Gasteiger partial charge in [-0.2, -0.15) is 5.10 Å². The van der Waals surface area contributed by atoms with Gasteiger partial charge in [-0.1, -0.05) is 48.5 Å². The van der Waals surface area contributed by atoms with E-state index in [4.69, 9.17) is 9.47 Å². The summed E-state index contributed by atoms with van der Waals surface area (Å²) >= 11 is 0. The second-order valence-electron chi connectivity index (χ2n) is 5.35. The van der Waals surface area contributed by atoms with Gasteiger partial charge in [0.2, 0.25) is 0 Å². The Labute approximate surface area is 141 Å². The molecule has 0 unspecified atom stereocenters. The number of nitrogens with one attached hydrogen (secondary N) is 1. The Bertz CT molecular complexity index is 854. The van der Waals surface area contributed by atoms with Gasteiger partial charge in [0.15, 0.2) is 11.5 Å². The molecule has 0 radical (unpaired) electrons. The molecule has 4 nitrogen and oxygen atoms in total. The first kappa shape index (κ1) is 15.9. The summed E-state index contributed by atoms with van der Waals surface area (Å²) in [7, 11) is 3.26. The summed E-state index contributed by atoms with van der Waals surface area (Å²) in [5.74, 6) is 1.44. The zero-order valence-electron chi connectivity index (χ0n) is 13.8. The lowest BCUT2D eigenvalue weighted by Gasteiger charge is -2.09. The zero-order chi connectivity index (χ0) is 16.8. The van der Waals surface area contributed by atoms with Crippen LogP contribution in [0.3, 0.4) is 0 Å². The van der Waals surface area contributed by atoms with Crippen molar-refractivity contribution in [3.8, 4) is 11.5 Å². The fourth-order valence-corrected chi connectivity index (χ4v) is 2.61. The van der Waals surface area contributed by atoms with E-state index in [1.165, 1.54) is 10.8 Å². The van der Waals surface area contributed by atoms with Crippen LogP contribution < -0.4 is 14.9 Å². The Morgan fingerprint density at radius 2 is 1.71 bits per heavy atom. The van der Waals surface area contributed by atoms with E-state index < -0.39 is 0 Å². The van der Waals surface area contributed by atoms with Crippen LogP contribution in [0.15, 0.2) is 65.8 Å². The molecular weight excluding hydrogens is 300 g/mol. The van der Waals surface area contributed by atoms with Gasteiger partial charge in [0.25, 0.3) is 0 Å². The molecule has 0 heterocycles. The van der Waals surface area contributed by atoms with Gasteiger partial charge in [0, 0.05) is 5.56 Å². The second kappa shape index (κ2) is 7.51. The average molecular weight is 320 g/mol. The van der Waals surface area contributed by atoms with Gasteiger partial charge in [0.05, 0.1) is 27.0 Å². The Kier molecular flexibility index (Phi) is 4.96. The first-order valence-electron chi connectivity index (χ1n) is 7.76. The molecule has 0 amide bonds. The van der Waals surface area contributed by atoms with E-state index in [0.717, 1.165) is 22.6 Å². The first-order valence-corrected chi connectivity index (χ1v) is 7.76. The minimum atomic E-state index is 0.613. The number of hydrogen-bond donors (Lipinski definition) is 1. The van der Waals surface area contributed by atoms with E-state index in [-0.39, 0.29) is 0 Å². The summed E-state index contributed by atoms with van der Waals surface area (Å²) in [6.45, 7) is 0.613. The van der Waals surface area contributed by atoms with Gasteiger partial charge in [0.1, 0.15) is 0 Å². The van der Waals surface area contributed by atoms with Crippen molar-refractivity contribution >= 4 is 17.0 Å². The maximum atomic E-state index is 5.31. The van der Waals surface area contributed by atoms with E-state index in [1.54, 1.807) is 14.2 Å². The van der Waals surface area contributed by atoms with Crippen molar-refractivity contribution in [1.29, 1.82) is 0 Å². The molecule has 0 spiro atoms. The lowest BCUT2D eigenvalue weighted by atomic mass is 10.1. The summed E-state index contributed by atoms with van der Waals surface area (Å²) in [4.78, 5) is 0. The molecule has 0 saturated heterocycles. The molecule has 0 aliphatic rings. The molecule has 0 bridgehead atoms. The SMILES string of the molecule is COc1ccc(CN/N=C/c2cccc3ccccc23)cc1OC. The maximum absolute atomic E-state index is 5.31. The van der Waals surface area contributed by atoms with Gasteiger partial charge in [-0.15, -0.1) is 0 Å². The number of rotatable bonds is 6. The van der Waals surface area contributed by atoms with E-state index in [9.17, 15) is 0 Å². The van der Waals surface area contributed by atoms with Gasteiger partial charge in [-0.25, -0.2) is 0 Å². The smallest absolute Gasteiger partial charge is 0.161 e. The molecular formula is C20H20N2O2. The van der Waals surface area contributed by atoms with Crippen molar-refractivity contribution in [3.05, 3.63) is 71.8 Å². The van der Waals surface area contributed by atoms with E-state index in [1.807, 2.05) is 42.6 Å². The zero-order valence-corrected chi connectivity index (χ0v) is 13.8. The Balaban J connectivity index is 1.68. The summed E-state index contributed by atoms with van der Waals surface area (Å²) < 4.78 is 10.6. The third-order valence-corrected chi connectivity index (χ3v) is 3.85. The third kappa shape index (κ3) is 3.49. The van der Waals surface area contributed by atoms with E-state index >= 15 is 0 Å². The molecule has 0 aliphatic heterocycles. The number of hydrazone groups is 1. The molecule has 0 atom stereocenters. The van der Waals surface area contributed by atoms with Crippen LogP contribution in [0.5, 0.6) is 11.5 Å². The van der Waals surface area contributed by atoms with Gasteiger partial charge in [-0.05, 0) is 28.5 Å². The lowest BCUT2D eigenvalue weighted by Crippen LogP contribution is -2.06. The predicted octanol–water partition coefficient (Wildman–Crippen LogP) is 3.98. The minimum Gasteiger partial charge on any atom is -0.493 e. The van der Waals surface area contributed by atoms with Crippen LogP contribution in [0.1, 0.15) is 11.1 Å². The normalized spacial score (nSPS) is 10.9. The molecule has 3 aromatic carbocycles. The molecule has 3 aromatic rings. The minimum absolute atomic E-state index is 0.613. The monoisotopic (exact) mass is 320 g/mol. The van der Waals surface area contributed by atoms with Crippen molar-refractivity contribution in [2.45, 2.75) is 6.54 Å². The van der Waals surface area contributed by atoms with Crippen LogP contribution in [-0.2, 0) is 6.54 Å². The highest BCUT2D eigenvalue weighted by atomic mass is 16.5. The van der Waals surface area contributed by atoms with Gasteiger partial charge in [-0.3, -0.25) is 0 Å². The van der Waals surface area contributed by atoms with Crippen LogP contribution in [-0.4, -0.2) is 20.4 Å². The van der Waals surface area contributed by atoms with Crippen LogP contribution in [0, 0.1) is 0 Å². The molecule has 0 aromatic heterocycles. The van der Waals surface area contributed by atoms with Crippen molar-refractivity contribution in [2.24, 2.45) is 5.10 Å². The Hall–Kier alpha value is -3.01. The number of ether oxygens (including phenoxy) is 2. The summed E-state index contributed by atoms with van der Waals surface area (Å²) in [6.07, 6.45) is 1.85. The second-order valence-corrected chi connectivity index (χ2v) is 5.35. The number of benzene rings is 3. The fraction of sp³-hybridized carbons (Fsp3) is 0.150. The van der Waals surface area contributed by atoms with Crippen LogP contribution in [0.25, 0.3) is 10.8 Å². The molecule has 122 valence electrons. The highest BCUT2D eigenvalue weighted by molar-refractivity contribution is 5.99. The van der Waals surface area contributed by atoms with Crippen molar-refractivity contribution in [1.82, 2.24) is 5.43 Å². The van der Waals surface area contributed by atoms with Crippen molar-refractivity contribution in [3.63, 3.8) is 0 Å². The average Bonchev–Trinajstić information content (AvgIpc) is 2.65. The maximum Gasteiger partial charge on any atom is 0.161 e. The Morgan fingerprint density at radius 1 is 0.917 bits per heavy atom. The summed E-state index contributed by atoms with van der Waals surface area (Å²) in [5.41, 5.74) is 5.24. The molecule has 0 aliphatic carbocycles. The highest BCUT2D eigenvalue weighted by Gasteiger charge is 2.03. The summed E-state index contributed by atoms with van der Waals surface area (Å²) in [5, 5.41) is 6.74. The highest BCUT2D eigenvalue weighted by Crippen LogP contribution is 2.27. The lowest BCUT2D eigenvalue weighted by molar-refractivity contribution is 0.354. The van der Waals surface area contributed by atoms with Crippen LogP contribution >= 0.6 is 0 Å². The number of methoxy groups -OCH3 is 2.